The van der Waals surface area contributed by atoms with Crippen LogP contribution in [0.2, 0.25) is 5.02 Å². The fourth-order valence-electron chi connectivity index (χ4n) is 2.74. The zero-order chi connectivity index (χ0) is 18.8. The van der Waals surface area contributed by atoms with E-state index in [-0.39, 0.29) is 11.1 Å². The number of aryl methyl sites for hydroxylation is 1. The molecule has 0 N–H and O–H groups in total. The highest BCUT2D eigenvalue weighted by Crippen LogP contribution is 2.19. The van der Waals surface area contributed by atoms with Gasteiger partial charge in [0.15, 0.2) is 11.5 Å². The number of nitrogens with zero attached hydrogens (tertiary/aromatic N) is 4. The number of rotatable bonds is 3. The monoisotopic (exact) mass is 374 g/mol. The van der Waals surface area contributed by atoms with Gasteiger partial charge in [0.1, 0.15) is 0 Å². The molecule has 2 aromatic heterocycles. The number of aromatic nitrogens is 4. The van der Waals surface area contributed by atoms with E-state index in [0.29, 0.717) is 16.5 Å². The summed E-state index contributed by atoms with van der Waals surface area (Å²) in [6.07, 6.45) is 3.26. The lowest BCUT2D eigenvalue weighted by Crippen LogP contribution is -2.13. The minimum Gasteiger partial charge on any atom is -0.287 e. The molecule has 0 aliphatic carbocycles. The van der Waals surface area contributed by atoms with Crippen LogP contribution in [-0.2, 0) is 0 Å². The van der Waals surface area contributed by atoms with Gasteiger partial charge < -0.3 is 0 Å². The van der Waals surface area contributed by atoms with Gasteiger partial charge in [-0.1, -0.05) is 35.4 Å². The van der Waals surface area contributed by atoms with Gasteiger partial charge >= 0.3 is 0 Å². The molecule has 4 rings (SSSR count). The van der Waals surface area contributed by atoms with E-state index < -0.39 is 0 Å². The van der Waals surface area contributed by atoms with Crippen molar-refractivity contribution < 1.29 is 0 Å². The number of hydrogen-bond donors (Lipinski definition) is 0. The molecule has 2 aromatic carbocycles. The highest BCUT2D eigenvalue weighted by Gasteiger charge is 2.11. The molecule has 0 saturated heterocycles. The van der Waals surface area contributed by atoms with Gasteiger partial charge in [0.25, 0.3) is 0 Å². The molecule has 0 fully saturated rings. The van der Waals surface area contributed by atoms with Crippen molar-refractivity contribution in [3.05, 3.63) is 93.9 Å². The highest BCUT2D eigenvalue weighted by atomic mass is 35.5. The van der Waals surface area contributed by atoms with Crippen LogP contribution < -0.4 is 5.43 Å². The third-order valence-electron chi connectivity index (χ3n) is 4.07. The maximum atomic E-state index is 12.4. The van der Waals surface area contributed by atoms with Crippen LogP contribution in [0.4, 0.5) is 0 Å². The van der Waals surface area contributed by atoms with Gasteiger partial charge in [-0.3, -0.25) is 4.79 Å². The normalized spacial score (nSPS) is 10.7. The number of halogens is 1. The molecule has 0 atom stereocenters. The van der Waals surface area contributed by atoms with E-state index >= 15 is 0 Å². The maximum Gasteiger partial charge on any atom is 0.209 e. The van der Waals surface area contributed by atoms with Crippen LogP contribution in [0.3, 0.4) is 0 Å². The maximum absolute atomic E-state index is 12.4. The summed E-state index contributed by atoms with van der Waals surface area (Å²) in [4.78, 5) is 21.3. The first kappa shape index (κ1) is 17.1. The molecule has 0 amide bonds. The first-order chi connectivity index (χ1) is 13.1. The van der Waals surface area contributed by atoms with Crippen LogP contribution in [0.5, 0.6) is 0 Å². The molecule has 6 heteroatoms. The Morgan fingerprint density at radius 3 is 2.59 bits per heavy atom. The Kier molecular flexibility index (Phi) is 4.52. The summed E-state index contributed by atoms with van der Waals surface area (Å²) in [6, 6.07) is 18.3. The second-order valence-corrected chi connectivity index (χ2v) is 6.52. The van der Waals surface area contributed by atoms with Crippen LogP contribution >= 0.6 is 11.6 Å². The lowest BCUT2D eigenvalue weighted by molar-refractivity contribution is 0.839. The second-order valence-electron chi connectivity index (χ2n) is 6.08. The van der Waals surface area contributed by atoms with Gasteiger partial charge in [-0.25, -0.2) is 14.6 Å². The Balaban J connectivity index is 1.79. The molecule has 0 aliphatic heterocycles. The van der Waals surface area contributed by atoms with E-state index in [4.69, 9.17) is 11.6 Å². The van der Waals surface area contributed by atoms with Gasteiger partial charge in [0.2, 0.25) is 5.43 Å². The van der Waals surface area contributed by atoms with Crippen LogP contribution in [0, 0.1) is 6.92 Å². The molecule has 5 nitrogen and oxygen atoms in total. The minimum atomic E-state index is -0.200. The standard InChI is InChI=1S/C21H15ClN4O/c1-14-3-2-4-15(13-14)21-23-11-9-18(24-21)20-19(27)10-12-26(25-20)17-7-5-16(22)6-8-17/h2-13H,1H3. The smallest absolute Gasteiger partial charge is 0.209 e. The molecule has 0 aliphatic rings. The van der Waals surface area contributed by atoms with Gasteiger partial charge in [-0.05, 0) is 43.3 Å². The van der Waals surface area contributed by atoms with E-state index in [2.05, 4.69) is 15.1 Å². The average molecular weight is 375 g/mol. The van der Waals surface area contributed by atoms with Gasteiger partial charge in [0, 0.05) is 29.0 Å². The SMILES string of the molecule is Cc1cccc(-c2nccc(-c3nn(-c4ccc(Cl)cc4)ccc3=O)n2)c1. The van der Waals surface area contributed by atoms with Crippen molar-refractivity contribution in [3.8, 4) is 28.5 Å². The van der Waals surface area contributed by atoms with Crippen LogP contribution in [0.1, 0.15) is 5.56 Å². The van der Waals surface area contributed by atoms with Crippen molar-refractivity contribution in [2.75, 3.05) is 0 Å². The lowest BCUT2D eigenvalue weighted by Gasteiger charge is -2.08. The number of hydrogen-bond acceptors (Lipinski definition) is 4. The molecular formula is C21H15ClN4O. The molecule has 0 spiro atoms. The highest BCUT2D eigenvalue weighted by molar-refractivity contribution is 6.30. The minimum absolute atomic E-state index is 0.200. The Labute approximate surface area is 160 Å². The zero-order valence-electron chi connectivity index (χ0n) is 14.5. The van der Waals surface area contributed by atoms with Crippen molar-refractivity contribution in [2.24, 2.45) is 0 Å². The predicted molar refractivity (Wildman–Crippen MR) is 106 cm³/mol. The van der Waals surface area contributed by atoms with Crippen molar-refractivity contribution in [3.63, 3.8) is 0 Å². The second kappa shape index (κ2) is 7.13. The van der Waals surface area contributed by atoms with Crippen molar-refractivity contribution >= 4 is 11.6 Å². The largest absolute Gasteiger partial charge is 0.287 e. The molecule has 0 saturated carbocycles. The van der Waals surface area contributed by atoms with Crippen molar-refractivity contribution in [1.82, 2.24) is 19.7 Å². The molecule has 4 aromatic rings. The molecule has 132 valence electrons. The first-order valence-electron chi connectivity index (χ1n) is 8.36. The van der Waals surface area contributed by atoms with Crippen molar-refractivity contribution in [2.45, 2.75) is 6.92 Å². The van der Waals surface area contributed by atoms with Crippen LogP contribution in [0.25, 0.3) is 28.5 Å². The predicted octanol–water partition coefficient (Wildman–Crippen LogP) is 4.32. The molecule has 0 unspecified atom stereocenters. The fourth-order valence-corrected chi connectivity index (χ4v) is 2.86. The third-order valence-corrected chi connectivity index (χ3v) is 4.33. The number of benzene rings is 2. The molecule has 27 heavy (non-hydrogen) atoms. The summed E-state index contributed by atoms with van der Waals surface area (Å²) in [5.41, 5.74) is 3.36. The quantitative estimate of drug-likeness (QED) is 0.536. The summed E-state index contributed by atoms with van der Waals surface area (Å²) in [5.74, 6) is 0.555. The van der Waals surface area contributed by atoms with Crippen molar-refractivity contribution in [1.29, 1.82) is 0 Å². The Morgan fingerprint density at radius 1 is 1.00 bits per heavy atom. The van der Waals surface area contributed by atoms with Gasteiger partial charge in [-0.15, -0.1) is 0 Å². The topological polar surface area (TPSA) is 60.7 Å². The first-order valence-corrected chi connectivity index (χ1v) is 8.74. The lowest BCUT2D eigenvalue weighted by atomic mass is 10.1. The Hall–Kier alpha value is -3.31. The van der Waals surface area contributed by atoms with E-state index in [1.54, 1.807) is 35.3 Å². The van der Waals surface area contributed by atoms with Crippen LogP contribution in [0.15, 0.2) is 77.9 Å². The average Bonchev–Trinajstić information content (AvgIpc) is 2.69. The summed E-state index contributed by atoms with van der Waals surface area (Å²) >= 11 is 5.94. The summed E-state index contributed by atoms with van der Waals surface area (Å²) in [7, 11) is 0. The van der Waals surface area contributed by atoms with Gasteiger partial charge in [0.05, 0.1) is 11.4 Å². The third kappa shape index (κ3) is 3.64. The fraction of sp³-hybridized carbons (Fsp3) is 0.0476. The molecule has 0 bridgehead atoms. The summed E-state index contributed by atoms with van der Waals surface area (Å²) in [6.45, 7) is 2.01. The summed E-state index contributed by atoms with van der Waals surface area (Å²) in [5, 5.41) is 5.10. The summed E-state index contributed by atoms with van der Waals surface area (Å²) < 4.78 is 1.63. The molecule has 0 radical (unpaired) electrons. The van der Waals surface area contributed by atoms with E-state index in [9.17, 15) is 4.79 Å². The van der Waals surface area contributed by atoms with E-state index in [1.807, 2.05) is 43.3 Å². The Bertz CT molecular complexity index is 1170. The van der Waals surface area contributed by atoms with Crippen LogP contribution in [-0.4, -0.2) is 19.7 Å². The zero-order valence-corrected chi connectivity index (χ0v) is 15.3. The molecule has 2 heterocycles. The van der Waals surface area contributed by atoms with Gasteiger partial charge in [-0.2, -0.15) is 5.10 Å². The van der Waals surface area contributed by atoms with E-state index in [0.717, 1.165) is 16.8 Å². The van der Waals surface area contributed by atoms with E-state index in [1.165, 1.54) is 6.07 Å². The molecular weight excluding hydrogens is 360 g/mol. The Morgan fingerprint density at radius 2 is 1.81 bits per heavy atom.